The van der Waals surface area contributed by atoms with Crippen LogP contribution in [0.5, 0.6) is 0 Å². The highest BCUT2D eigenvalue weighted by Crippen LogP contribution is 2.21. The number of rotatable bonds is 4. The van der Waals surface area contributed by atoms with E-state index in [1.54, 1.807) is 12.1 Å². The first kappa shape index (κ1) is 13.3. The molecule has 0 unspecified atom stereocenters. The molecule has 2 rings (SSSR count). The average molecular weight is 261 g/mol. The summed E-state index contributed by atoms with van der Waals surface area (Å²) in [5.74, 6) is -1.15. The van der Waals surface area contributed by atoms with E-state index < -0.39 is 5.97 Å². The lowest BCUT2D eigenvalue weighted by atomic mass is 10.1. The van der Waals surface area contributed by atoms with Crippen LogP contribution in [0.4, 0.5) is 4.39 Å². The standard InChI is InChI=1S/C15H16FNO2/c1-10-3-4-11(2)17(10)14-9-12(5-7-13(14)16)6-8-15(18)19/h3-5,7,9H,6,8H2,1-2H3,(H,18,19). The Kier molecular flexibility index (Phi) is 3.69. The topological polar surface area (TPSA) is 42.2 Å². The fourth-order valence-corrected chi connectivity index (χ4v) is 2.18. The summed E-state index contributed by atoms with van der Waals surface area (Å²) in [7, 11) is 0. The Bertz CT molecular complexity index is 597. The second-order valence-corrected chi connectivity index (χ2v) is 4.63. The maximum Gasteiger partial charge on any atom is 0.303 e. The van der Waals surface area contributed by atoms with Crippen LogP contribution in [0.15, 0.2) is 30.3 Å². The van der Waals surface area contributed by atoms with Crippen LogP contribution in [0.25, 0.3) is 5.69 Å². The van der Waals surface area contributed by atoms with Gasteiger partial charge in [-0.05, 0) is 50.1 Å². The van der Waals surface area contributed by atoms with Crippen molar-refractivity contribution in [2.24, 2.45) is 0 Å². The van der Waals surface area contributed by atoms with E-state index >= 15 is 0 Å². The molecule has 0 aliphatic rings. The molecule has 1 heterocycles. The Morgan fingerprint density at radius 1 is 1.21 bits per heavy atom. The van der Waals surface area contributed by atoms with Crippen LogP contribution in [0.2, 0.25) is 0 Å². The van der Waals surface area contributed by atoms with Crippen molar-refractivity contribution in [2.75, 3.05) is 0 Å². The van der Waals surface area contributed by atoms with Crippen molar-refractivity contribution in [1.82, 2.24) is 4.57 Å². The van der Waals surface area contributed by atoms with Gasteiger partial charge in [0.25, 0.3) is 0 Å². The molecular formula is C15H16FNO2. The average Bonchev–Trinajstić information content (AvgIpc) is 2.68. The van der Waals surface area contributed by atoms with Crippen molar-refractivity contribution < 1.29 is 14.3 Å². The lowest BCUT2D eigenvalue weighted by Gasteiger charge is -2.12. The molecule has 0 spiro atoms. The molecule has 3 nitrogen and oxygen atoms in total. The number of carboxylic acid groups (broad SMARTS) is 1. The van der Waals surface area contributed by atoms with Gasteiger partial charge in [0.1, 0.15) is 5.82 Å². The minimum Gasteiger partial charge on any atom is -0.481 e. The molecule has 0 amide bonds. The summed E-state index contributed by atoms with van der Waals surface area (Å²) in [5, 5.41) is 8.69. The number of hydrogen-bond acceptors (Lipinski definition) is 1. The number of hydrogen-bond donors (Lipinski definition) is 1. The van der Waals surface area contributed by atoms with Crippen LogP contribution >= 0.6 is 0 Å². The van der Waals surface area contributed by atoms with Crippen LogP contribution in [0.1, 0.15) is 23.4 Å². The highest BCUT2D eigenvalue weighted by atomic mass is 19.1. The number of halogens is 1. The third kappa shape index (κ3) is 2.84. The maximum atomic E-state index is 14.0. The molecule has 0 saturated carbocycles. The molecule has 0 bridgehead atoms. The minimum atomic E-state index is -0.848. The molecule has 1 aromatic carbocycles. The molecule has 0 aliphatic heterocycles. The smallest absolute Gasteiger partial charge is 0.303 e. The van der Waals surface area contributed by atoms with Gasteiger partial charge >= 0.3 is 5.97 Å². The molecule has 19 heavy (non-hydrogen) atoms. The number of aryl methyl sites for hydroxylation is 3. The van der Waals surface area contributed by atoms with Gasteiger partial charge in [0, 0.05) is 17.8 Å². The van der Waals surface area contributed by atoms with Gasteiger partial charge in [0.05, 0.1) is 5.69 Å². The van der Waals surface area contributed by atoms with Gasteiger partial charge in [-0.15, -0.1) is 0 Å². The third-order valence-electron chi connectivity index (χ3n) is 3.15. The fourth-order valence-electron chi connectivity index (χ4n) is 2.18. The SMILES string of the molecule is Cc1ccc(C)n1-c1cc(CCC(=O)O)ccc1F. The van der Waals surface area contributed by atoms with Gasteiger partial charge in [0.2, 0.25) is 0 Å². The zero-order chi connectivity index (χ0) is 14.0. The Morgan fingerprint density at radius 2 is 1.84 bits per heavy atom. The summed E-state index contributed by atoms with van der Waals surface area (Å²) in [4.78, 5) is 10.6. The molecule has 4 heteroatoms. The molecule has 0 aliphatic carbocycles. The summed E-state index contributed by atoms with van der Waals surface area (Å²) >= 11 is 0. The van der Waals surface area contributed by atoms with Crippen LogP contribution in [-0.2, 0) is 11.2 Å². The van der Waals surface area contributed by atoms with Crippen LogP contribution in [0.3, 0.4) is 0 Å². The summed E-state index contributed by atoms with van der Waals surface area (Å²) in [6.45, 7) is 3.83. The summed E-state index contributed by atoms with van der Waals surface area (Å²) in [5.41, 5.74) is 3.20. The first-order valence-corrected chi connectivity index (χ1v) is 6.14. The zero-order valence-corrected chi connectivity index (χ0v) is 11.0. The summed E-state index contributed by atoms with van der Waals surface area (Å²) in [6.07, 6.45) is 0.455. The van der Waals surface area contributed by atoms with Gasteiger partial charge < -0.3 is 9.67 Å². The zero-order valence-electron chi connectivity index (χ0n) is 11.0. The van der Waals surface area contributed by atoms with Gasteiger partial charge in [0.15, 0.2) is 0 Å². The van der Waals surface area contributed by atoms with Crippen LogP contribution < -0.4 is 0 Å². The van der Waals surface area contributed by atoms with Crippen LogP contribution in [0, 0.1) is 19.7 Å². The molecule has 0 fully saturated rings. The largest absolute Gasteiger partial charge is 0.481 e. The van der Waals surface area contributed by atoms with Crippen molar-refractivity contribution in [3.8, 4) is 5.69 Å². The first-order chi connectivity index (χ1) is 8.99. The number of carboxylic acids is 1. The van der Waals surface area contributed by atoms with E-state index in [4.69, 9.17) is 5.11 Å². The Balaban J connectivity index is 2.40. The Morgan fingerprint density at radius 3 is 2.42 bits per heavy atom. The van der Waals surface area contributed by atoms with E-state index in [9.17, 15) is 9.18 Å². The number of carbonyl (C=O) groups is 1. The van der Waals surface area contributed by atoms with E-state index in [-0.39, 0.29) is 12.2 Å². The minimum absolute atomic E-state index is 0.0503. The maximum absolute atomic E-state index is 14.0. The molecular weight excluding hydrogens is 245 g/mol. The number of benzene rings is 1. The molecule has 2 aromatic rings. The van der Waals surface area contributed by atoms with Crippen molar-refractivity contribution in [2.45, 2.75) is 26.7 Å². The third-order valence-corrected chi connectivity index (χ3v) is 3.15. The van der Waals surface area contributed by atoms with Crippen LogP contribution in [-0.4, -0.2) is 15.6 Å². The van der Waals surface area contributed by atoms with Gasteiger partial charge in [-0.2, -0.15) is 0 Å². The Hall–Kier alpha value is -2.10. The molecule has 0 saturated heterocycles. The van der Waals surface area contributed by atoms with Crippen molar-refractivity contribution >= 4 is 5.97 Å². The van der Waals surface area contributed by atoms with Crippen molar-refractivity contribution in [1.29, 1.82) is 0 Å². The van der Waals surface area contributed by atoms with E-state index in [2.05, 4.69) is 0 Å². The predicted molar refractivity (Wildman–Crippen MR) is 71.2 cm³/mol. The molecule has 0 radical (unpaired) electrons. The van der Waals surface area contributed by atoms with E-state index in [1.807, 2.05) is 30.5 Å². The molecule has 1 N–H and O–H groups in total. The summed E-state index contributed by atoms with van der Waals surface area (Å²) < 4.78 is 15.8. The van der Waals surface area contributed by atoms with E-state index in [0.29, 0.717) is 12.1 Å². The fraction of sp³-hybridized carbons (Fsp3) is 0.267. The molecule has 1 aromatic heterocycles. The summed E-state index contributed by atoms with van der Waals surface area (Å²) in [6, 6.07) is 8.61. The lowest BCUT2D eigenvalue weighted by Crippen LogP contribution is -2.04. The van der Waals surface area contributed by atoms with E-state index in [0.717, 1.165) is 17.0 Å². The van der Waals surface area contributed by atoms with Gasteiger partial charge in [-0.1, -0.05) is 6.07 Å². The number of nitrogens with zero attached hydrogens (tertiary/aromatic N) is 1. The highest BCUT2D eigenvalue weighted by molar-refractivity contribution is 5.67. The molecule has 100 valence electrons. The lowest BCUT2D eigenvalue weighted by molar-refractivity contribution is -0.136. The van der Waals surface area contributed by atoms with E-state index in [1.165, 1.54) is 6.07 Å². The van der Waals surface area contributed by atoms with Crippen molar-refractivity contribution in [3.05, 3.63) is 53.1 Å². The predicted octanol–water partition coefficient (Wildman–Crippen LogP) is 3.25. The quantitative estimate of drug-likeness (QED) is 0.918. The van der Waals surface area contributed by atoms with Crippen molar-refractivity contribution in [3.63, 3.8) is 0 Å². The number of aromatic nitrogens is 1. The highest BCUT2D eigenvalue weighted by Gasteiger charge is 2.10. The van der Waals surface area contributed by atoms with Gasteiger partial charge in [-0.25, -0.2) is 4.39 Å². The molecule has 0 atom stereocenters. The number of aliphatic carboxylic acids is 1. The Labute approximate surface area is 111 Å². The normalized spacial score (nSPS) is 10.7. The monoisotopic (exact) mass is 261 g/mol. The second-order valence-electron chi connectivity index (χ2n) is 4.63. The first-order valence-electron chi connectivity index (χ1n) is 6.14. The second kappa shape index (κ2) is 5.26. The van der Waals surface area contributed by atoms with Gasteiger partial charge in [-0.3, -0.25) is 4.79 Å².